The van der Waals surface area contributed by atoms with Crippen LogP contribution >= 0.6 is 23.4 Å². The number of nitrogens with zero attached hydrogens (tertiary/aromatic N) is 1. The van der Waals surface area contributed by atoms with Gasteiger partial charge in [-0.3, -0.25) is 4.79 Å². The van der Waals surface area contributed by atoms with Crippen molar-refractivity contribution in [1.82, 2.24) is 10.0 Å². The molecule has 4 rings (SSSR count). The number of carbonyl (C=O) groups excluding carboxylic acids is 1. The number of fused-ring (bicyclic) bond motifs is 1. The van der Waals surface area contributed by atoms with Crippen molar-refractivity contribution >= 4 is 45.0 Å². The highest BCUT2D eigenvalue weighted by molar-refractivity contribution is 8.05. The summed E-state index contributed by atoms with van der Waals surface area (Å²) in [5, 5.41) is 4.53. The Hall–Kier alpha value is -1.32. The first-order chi connectivity index (χ1) is 13.8. The van der Waals surface area contributed by atoms with Gasteiger partial charge in [-0.2, -0.15) is 4.72 Å². The lowest BCUT2D eigenvalue weighted by Gasteiger charge is -2.24. The van der Waals surface area contributed by atoms with E-state index in [1.165, 1.54) is 22.9 Å². The van der Waals surface area contributed by atoms with Crippen LogP contribution in [0.15, 0.2) is 34.1 Å². The van der Waals surface area contributed by atoms with Crippen molar-refractivity contribution < 1.29 is 13.2 Å². The fraction of sp³-hybridized carbons (Fsp3) is 0.450. The van der Waals surface area contributed by atoms with Crippen molar-refractivity contribution in [3.63, 3.8) is 0 Å². The Kier molecular flexibility index (Phi) is 6.09. The standard InChI is InChI=1S/C20H24ClN3O3S2/c1-13-10-15-12-22-7-4-14(15)11-18(13)24-8-5-17(20(24)25)23-29(26,27)9-6-16-2-3-19(21)28-16/h3,6,9-11,16-17,22-23H,2,4-5,7-8,12H2,1H3/b9-6+/t16?,17-/m0/s1. The Labute approximate surface area is 180 Å². The minimum atomic E-state index is -3.70. The second kappa shape index (κ2) is 8.43. The summed E-state index contributed by atoms with van der Waals surface area (Å²) in [5.41, 5.74) is 4.44. The average molecular weight is 454 g/mol. The van der Waals surface area contributed by atoms with Gasteiger partial charge in [0.05, 0.1) is 4.36 Å². The molecule has 9 heteroatoms. The third-order valence-electron chi connectivity index (χ3n) is 5.45. The molecule has 1 aromatic rings. The summed E-state index contributed by atoms with van der Waals surface area (Å²) in [4.78, 5) is 14.7. The van der Waals surface area contributed by atoms with Crippen LogP contribution in [0.25, 0.3) is 0 Å². The van der Waals surface area contributed by atoms with Gasteiger partial charge in [0.15, 0.2) is 0 Å². The Morgan fingerprint density at radius 2 is 2.17 bits per heavy atom. The van der Waals surface area contributed by atoms with Crippen LogP contribution in [0.3, 0.4) is 0 Å². The van der Waals surface area contributed by atoms with Gasteiger partial charge in [-0.05, 0) is 55.5 Å². The molecule has 0 radical (unpaired) electrons. The topological polar surface area (TPSA) is 78.5 Å². The number of benzene rings is 1. The van der Waals surface area contributed by atoms with Crippen molar-refractivity contribution in [2.45, 2.75) is 44.0 Å². The van der Waals surface area contributed by atoms with E-state index in [1.807, 2.05) is 13.0 Å². The number of sulfonamides is 1. The first kappa shape index (κ1) is 20.9. The summed E-state index contributed by atoms with van der Waals surface area (Å²) in [5.74, 6) is -0.195. The molecule has 0 spiro atoms. The molecule has 0 bridgehead atoms. The van der Waals surface area contributed by atoms with E-state index in [0.29, 0.717) is 23.8 Å². The molecule has 1 saturated heterocycles. The summed E-state index contributed by atoms with van der Waals surface area (Å²) >= 11 is 7.34. The fourth-order valence-corrected chi connectivity index (χ4v) is 6.41. The number of allylic oxidation sites excluding steroid dienone is 1. The van der Waals surface area contributed by atoms with Crippen LogP contribution in [-0.2, 0) is 27.8 Å². The van der Waals surface area contributed by atoms with Gasteiger partial charge in [-0.1, -0.05) is 29.8 Å². The van der Waals surface area contributed by atoms with Crippen LogP contribution < -0.4 is 14.9 Å². The highest BCUT2D eigenvalue weighted by Gasteiger charge is 2.35. The molecule has 29 heavy (non-hydrogen) atoms. The molecule has 3 aliphatic heterocycles. The van der Waals surface area contributed by atoms with E-state index in [9.17, 15) is 13.2 Å². The van der Waals surface area contributed by atoms with Crippen molar-refractivity contribution in [2.75, 3.05) is 18.0 Å². The molecule has 1 aromatic carbocycles. The predicted octanol–water partition coefficient (Wildman–Crippen LogP) is 2.76. The molecule has 6 nitrogen and oxygen atoms in total. The Morgan fingerprint density at radius 1 is 1.34 bits per heavy atom. The molecule has 1 unspecified atom stereocenters. The molecule has 2 atom stereocenters. The van der Waals surface area contributed by atoms with E-state index in [4.69, 9.17) is 11.6 Å². The number of hydrogen-bond donors (Lipinski definition) is 2. The minimum Gasteiger partial charge on any atom is -0.312 e. The Morgan fingerprint density at radius 3 is 2.93 bits per heavy atom. The molecular formula is C20H24ClN3O3S2. The van der Waals surface area contributed by atoms with Crippen molar-refractivity contribution in [3.8, 4) is 0 Å². The SMILES string of the molecule is Cc1cc2c(cc1N1CC[C@H](NS(=O)(=O)/C=C/C3CC=C(Cl)S3)C1=O)CCNC2. The van der Waals surface area contributed by atoms with Crippen LogP contribution in [0.5, 0.6) is 0 Å². The highest BCUT2D eigenvalue weighted by atomic mass is 35.5. The number of halogens is 1. The monoisotopic (exact) mass is 453 g/mol. The van der Waals surface area contributed by atoms with Crippen LogP contribution in [-0.4, -0.2) is 38.7 Å². The third kappa shape index (κ3) is 4.72. The van der Waals surface area contributed by atoms with Gasteiger partial charge in [0.1, 0.15) is 6.04 Å². The molecule has 1 fully saturated rings. The van der Waals surface area contributed by atoms with Crippen LogP contribution in [0.4, 0.5) is 5.69 Å². The molecule has 3 aliphatic rings. The Bertz CT molecular complexity index is 991. The number of aryl methyl sites for hydroxylation is 1. The molecule has 2 N–H and O–H groups in total. The maximum absolute atomic E-state index is 12.9. The quantitative estimate of drug-likeness (QED) is 0.716. The number of anilines is 1. The third-order valence-corrected chi connectivity index (χ3v) is 8.05. The number of rotatable bonds is 5. The van der Waals surface area contributed by atoms with Crippen molar-refractivity contribution in [1.29, 1.82) is 0 Å². The van der Waals surface area contributed by atoms with Gasteiger partial charge in [0.25, 0.3) is 0 Å². The number of nitrogens with one attached hydrogen (secondary N) is 2. The second-order valence-corrected chi connectivity index (χ2v) is 11.1. The lowest BCUT2D eigenvalue weighted by molar-refractivity contribution is -0.118. The van der Waals surface area contributed by atoms with Crippen LogP contribution in [0.1, 0.15) is 29.5 Å². The van der Waals surface area contributed by atoms with E-state index in [-0.39, 0.29) is 11.2 Å². The Balaban J connectivity index is 1.44. The zero-order chi connectivity index (χ0) is 20.6. The minimum absolute atomic E-state index is 0.0162. The summed E-state index contributed by atoms with van der Waals surface area (Å²) in [6, 6.07) is 3.48. The van der Waals surface area contributed by atoms with E-state index >= 15 is 0 Å². The number of amides is 1. The lowest BCUT2D eigenvalue weighted by atomic mass is 9.97. The maximum Gasteiger partial charge on any atom is 0.245 e. The molecule has 0 aliphatic carbocycles. The van der Waals surface area contributed by atoms with Gasteiger partial charge in [0, 0.05) is 29.4 Å². The summed E-state index contributed by atoms with van der Waals surface area (Å²) in [7, 11) is -3.70. The molecule has 1 amide bonds. The van der Waals surface area contributed by atoms with E-state index in [2.05, 4.69) is 22.2 Å². The van der Waals surface area contributed by atoms with E-state index in [1.54, 1.807) is 11.0 Å². The molecule has 156 valence electrons. The largest absolute Gasteiger partial charge is 0.312 e. The van der Waals surface area contributed by atoms with Gasteiger partial charge >= 0.3 is 0 Å². The van der Waals surface area contributed by atoms with Crippen LogP contribution in [0, 0.1) is 6.92 Å². The first-order valence-corrected chi connectivity index (χ1v) is 12.5. The zero-order valence-electron chi connectivity index (χ0n) is 16.2. The molecule has 0 aromatic heterocycles. The maximum atomic E-state index is 12.9. The molecule has 0 saturated carbocycles. The number of carbonyl (C=O) groups is 1. The molecule has 3 heterocycles. The first-order valence-electron chi connectivity index (χ1n) is 9.70. The van der Waals surface area contributed by atoms with Crippen molar-refractivity contribution in [3.05, 3.63) is 50.7 Å². The van der Waals surface area contributed by atoms with Gasteiger partial charge in [-0.15, -0.1) is 11.8 Å². The summed E-state index contributed by atoms with van der Waals surface area (Å²) in [6.45, 7) is 4.28. The summed E-state index contributed by atoms with van der Waals surface area (Å²) in [6.07, 6.45) is 5.59. The molecular weight excluding hydrogens is 430 g/mol. The average Bonchev–Trinajstić information content (AvgIpc) is 3.25. The lowest BCUT2D eigenvalue weighted by Crippen LogP contribution is -2.41. The van der Waals surface area contributed by atoms with Gasteiger partial charge in [-0.25, -0.2) is 8.42 Å². The highest BCUT2D eigenvalue weighted by Crippen LogP contribution is 2.35. The zero-order valence-corrected chi connectivity index (χ0v) is 18.5. The van der Waals surface area contributed by atoms with Gasteiger partial charge < -0.3 is 10.2 Å². The smallest absolute Gasteiger partial charge is 0.245 e. The van der Waals surface area contributed by atoms with Gasteiger partial charge in [0.2, 0.25) is 15.9 Å². The number of thioether (sulfide) groups is 1. The summed E-state index contributed by atoms with van der Waals surface area (Å²) < 4.78 is 28.1. The van der Waals surface area contributed by atoms with E-state index < -0.39 is 16.1 Å². The van der Waals surface area contributed by atoms with E-state index in [0.717, 1.165) is 36.2 Å². The van der Waals surface area contributed by atoms with Crippen molar-refractivity contribution in [2.24, 2.45) is 0 Å². The fourth-order valence-electron chi connectivity index (χ4n) is 3.96. The van der Waals surface area contributed by atoms with Crippen LogP contribution in [0.2, 0.25) is 0 Å². The predicted molar refractivity (Wildman–Crippen MR) is 118 cm³/mol. The second-order valence-electron chi connectivity index (χ2n) is 7.56. The number of hydrogen-bond acceptors (Lipinski definition) is 5. The normalized spacial score (nSPS) is 25.0.